The Kier molecular flexibility index (Phi) is 3.84. The van der Waals surface area contributed by atoms with Crippen LogP contribution in [0.2, 0.25) is 0 Å². The van der Waals surface area contributed by atoms with Crippen LogP contribution < -0.4 is 5.32 Å². The number of aliphatic carboxylic acids is 1. The molecule has 0 aliphatic heterocycles. The molecule has 0 saturated heterocycles. The van der Waals surface area contributed by atoms with Gasteiger partial charge in [0.2, 0.25) is 0 Å². The number of hydrogen-bond donors (Lipinski definition) is 2. The fourth-order valence-electron chi connectivity index (χ4n) is 1.17. The van der Waals surface area contributed by atoms with Gasteiger partial charge >= 0.3 is 5.97 Å². The number of carboxylic acids is 1. The summed E-state index contributed by atoms with van der Waals surface area (Å²) in [5, 5.41) is 20.5. The van der Waals surface area contributed by atoms with E-state index in [9.17, 15) is 4.79 Å². The highest BCUT2D eigenvalue weighted by Gasteiger charge is 2.12. The normalized spacial score (nSPS) is 11.6. The number of anilines is 1. The van der Waals surface area contributed by atoms with Crippen molar-refractivity contribution in [2.45, 2.75) is 13.8 Å². The standard InChI is InChI=1S/C11H13N3O2/c1-7-3-4-13-10(9(7)5-12)14-6-8(2)11(15)16/h3-4,8H,6H2,1-2H3,(H,13,14)(H,15,16). The summed E-state index contributed by atoms with van der Waals surface area (Å²) in [6.45, 7) is 3.66. The van der Waals surface area contributed by atoms with E-state index in [1.807, 2.05) is 13.0 Å². The quantitative estimate of drug-likeness (QED) is 0.799. The highest BCUT2D eigenvalue weighted by Crippen LogP contribution is 2.15. The first kappa shape index (κ1) is 12.0. The van der Waals surface area contributed by atoms with Crippen LogP contribution in [0.5, 0.6) is 0 Å². The fourth-order valence-corrected chi connectivity index (χ4v) is 1.17. The van der Waals surface area contributed by atoms with Crippen LogP contribution in [0.4, 0.5) is 5.82 Å². The number of pyridine rings is 1. The van der Waals surface area contributed by atoms with Gasteiger partial charge in [0.25, 0.3) is 0 Å². The minimum atomic E-state index is -0.876. The second kappa shape index (κ2) is 5.12. The maximum atomic E-state index is 10.6. The van der Waals surface area contributed by atoms with Crippen molar-refractivity contribution in [3.8, 4) is 6.07 Å². The van der Waals surface area contributed by atoms with Crippen molar-refractivity contribution in [3.63, 3.8) is 0 Å². The van der Waals surface area contributed by atoms with E-state index in [0.29, 0.717) is 11.4 Å². The molecule has 0 spiro atoms. The SMILES string of the molecule is Cc1ccnc(NCC(C)C(=O)O)c1C#N. The van der Waals surface area contributed by atoms with E-state index in [0.717, 1.165) is 5.56 Å². The van der Waals surface area contributed by atoms with Crippen LogP contribution in [0, 0.1) is 24.2 Å². The van der Waals surface area contributed by atoms with Crippen molar-refractivity contribution in [1.82, 2.24) is 4.98 Å². The van der Waals surface area contributed by atoms with Crippen molar-refractivity contribution >= 4 is 11.8 Å². The second-order valence-electron chi connectivity index (χ2n) is 3.58. The highest BCUT2D eigenvalue weighted by molar-refractivity contribution is 5.70. The van der Waals surface area contributed by atoms with Crippen LogP contribution >= 0.6 is 0 Å². The van der Waals surface area contributed by atoms with Gasteiger partial charge in [-0.2, -0.15) is 5.26 Å². The van der Waals surface area contributed by atoms with Gasteiger partial charge in [-0.15, -0.1) is 0 Å². The number of hydrogen-bond acceptors (Lipinski definition) is 4. The monoisotopic (exact) mass is 219 g/mol. The van der Waals surface area contributed by atoms with Gasteiger partial charge in [-0.05, 0) is 18.6 Å². The summed E-state index contributed by atoms with van der Waals surface area (Å²) in [5.41, 5.74) is 1.28. The van der Waals surface area contributed by atoms with Crippen molar-refractivity contribution < 1.29 is 9.90 Å². The second-order valence-corrected chi connectivity index (χ2v) is 3.58. The third kappa shape index (κ3) is 2.70. The number of aryl methyl sites for hydroxylation is 1. The van der Waals surface area contributed by atoms with E-state index in [-0.39, 0.29) is 6.54 Å². The van der Waals surface area contributed by atoms with Gasteiger partial charge in [-0.25, -0.2) is 4.98 Å². The number of carbonyl (C=O) groups is 1. The summed E-state index contributed by atoms with van der Waals surface area (Å²) in [5.74, 6) is -0.955. The Morgan fingerprint density at radius 2 is 2.44 bits per heavy atom. The number of rotatable bonds is 4. The number of nitrogens with one attached hydrogen (secondary N) is 1. The van der Waals surface area contributed by atoms with Crippen molar-refractivity contribution in [1.29, 1.82) is 5.26 Å². The van der Waals surface area contributed by atoms with Gasteiger partial charge in [0.15, 0.2) is 0 Å². The molecule has 5 nitrogen and oxygen atoms in total. The molecule has 16 heavy (non-hydrogen) atoms. The lowest BCUT2D eigenvalue weighted by molar-refractivity contribution is -0.140. The molecule has 0 saturated carbocycles. The average molecular weight is 219 g/mol. The van der Waals surface area contributed by atoms with Gasteiger partial charge < -0.3 is 10.4 Å². The van der Waals surface area contributed by atoms with Crippen LogP contribution in [0.25, 0.3) is 0 Å². The topological polar surface area (TPSA) is 86.0 Å². The smallest absolute Gasteiger partial charge is 0.308 e. The largest absolute Gasteiger partial charge is 0.481 e. The van der Waals surface area contributed by atoms with E-state index >= 15 is 0 Å². The molecular weight excluding hydrogens is 206 g/mol. The summed E-state index contributed by atoms with van der Waals surface area (Å²) >= 11 is 0. The Balaban J connectivity index is 2.79. The van der Waals surface area contributed by atoms with Gasteiger partial charge in [-0.3, -0.25) is 4.79 Å². The predicted octanol–water partition coefficient (Wildman–Crippen LogP) is 1.39. The molecule has 0 aliphatic carbocycles. The molecule has 0 amide bonds. The lowest BCUT2D eigenvalue weighted by Gasteiger charge is -2.10. The summed E-state index contributed by atoms with van der Waals surface area (Å²) in [6.07, 6.45) is 1.59. The van der Waals surface area contributed by atoms with E-state index in [2.05, 4.69) is 10.3 Å². The number of nitrogens with zero attached hydrogens (tertiary/aromatic N) is 2. The van der Waals surface area contributed by atoms with E-state index < -0.39 is 11.9 Å². The van der Waals surface area contributed by atoms with Gasteiger partial charge in [0.1, 0.15) is 11.9 Å². The molecule has 1 aromatic rings. The highest BCUT2D eigenvalue weighted by atomic mass is 16.4. The summed E-state index contributed by atoms with van der Waals surface area (Å²) < 4.78 is 0. The van der Waals surface area contributed by atoms with Crippen LogP contribution in [-0.4, -0.2) is 22.6 Å². The molecule has 0 aliphatic rings. The first-order chi connectivity index (χ1) is 7.56. The lowest BCUT2D eigenvalue weighted by atomic mass is 10.1. The zero-order valence-electron chi connectivity index (χ0n) is 9.19. The number of carboxylic acid groups (broad SMARTS) is 1. The Morgan fingerprint density at radius 1 is 1.75 bits per heavy atom. The molecule has 1 atom stereocenters. The third-order valence-electron chi connectivity index (χ3n) is 2.27. The molecule has 0 bridgehead atoms. The van der Waals surface area contributed by atoms with Crippen molar-refractivity contribution in [3.05, 3.63) is 23.4 Å². The lowest BCUT2D eigenvalue weighted by Crippen LogP contribution is -2.20. The zero-order chi connectivity index (χ0) is 12.1. The molecule has 2 N–H and O–H groups in total. The molecule has 84 valence electrons. The van der Waals surface area contributed by atoms with Crippen LogP contribution in [0.1, 0.15) is 18.1 Å². The molecule has 1 unspecified atom stereocenters. The average Bonchev–Trinajstić information content (AvgIpc) is 2.25. The molecule has 5 heteroatoms. The molecule has 1 heterocycles. The van der Waals surface area contributed by atoms with Gasteiger partial charge in [0.05, 0.1) is 11.5 Å². The molecular formula is C11H13N3O2. The molecule has 0 aromatic carbocycles. The first-order valence-electron chi connectivity index (χ1n) is 4.88. The van der Waals surface area contributed by atoms with E-state index in [1.54, 1.807) is 19.2 Å². The molecule has 0 radical (unpaired) electrons. The maximum absolute atomic E-state index is 10.6. The minimum absolute atomic E-state index is 0.250. The van der Waals surface area contributed by atoms with Crippen molar-refractivity contribution in [2.24, 2.45) is 5.92 Å². The van der Waals surface area contributed by atoms with Crippen LogP contribution in [0.3, 0.4) is 0 Å². The Labute approximate surface area is 93.7 Å². The number of nitriles is 1. The Morgan fingerprint density at radius 3 is 3.00 bits per heavy atom. The van der Waals surface area contributed by atoms with E-state index in [4.69, 9.17) is 10.4 Å². The van der Waals surface area contributed by atoms with E-state index in [1.165, 1.54) is 0 Å². The van der Waals surface area contributed by atoms with Gasteiger partial charge in [0, 0.05) is 12.7 Å². The summed E-state index contributed by atoms with van der Waals surface area (Å²) in [6, 6.07) is 3.78. The summed E-state index contributed by atoms with van der Waals surface area (Å²) in [7, 11) is 0. The maximum Gasteiger partial charge on any atom is 0.308 e. The fraction of sp³-hybridized carbons (Fsp3) is 0.364. The third-order valence-corrected chi connectivity index (χ3v) is 2.27. The Hall–Kier alpha value is -2.09. The van der Waals surface area contributed by atoms with Gasteiger partial charge in [-0.1, -0.05) is 6.92 Å². The zero-order valence-corrected chi connectivity index (χ0v) is 9.19. The minimum Gasteiger partial charge on any atom is -0.481 e. The summed E-state index contributed by atoms with van der Waals surface area (Å²) in [4.78, 5) is 14.6. The van der Waals surface area contributed by atoms with Crippen LogP contribution in [0.15, 0.2) is 12.3 Å². The molecule has 1 rings (SSSR count). The Bertz CT molecular complexity index is 437. The van der Waals surface area contributed by atoms with Crippen LogP contribution in [-0.2, 0) is 4.79 Å². The molecule has 1 aromatic heterocycles. The molecule has 0 fully saturated rings. The first-order valence-corrected chi connectivity index (χ1v) is 4.88. The predicted molar refractivity (Wildman–Crippen MR) is 59.0 cm³/mol. The number of aromatic nitrogens is 1. The van der Waals surface area contributed by atoms with Crippen molar-refractivity contribution in [2.75, 3.05) is 11.9 Å².